The molecule has 1 N–H and O–H groups in total. The molecular formula is C19H16ClF3N2O2. The third-order valence-corrected chi connectivity index (χ3v) is 4.93. The molecule has 142 valence electrons. The molecule has 1 aliphatic rings. The third kappa shape index (κ3) is 3.93. The van der Waals surface area contributed by atoms with Crippen molar-refractivity contribution in [2.24, 2.45) is 5.92 Å². The maximum absolute atomic E-state index is 13.1. The Morgan fingerprint density at radius 1 is 1.19 bits per heavy atom. The highest BCUT2D eigenvalue weighted by molar-refractivity contribution is 6.31. The average Bonchev–Trinajstić information content (AvgIpc) is 2.99. The SMILES string of the molecule is Cc1c(Cl)cccc1N1C[C@@H](C(=O)Nc2ccccc2C(F)(F)F)CC1=O. The third-order valence-electron chi connectivity index (χ3n) is 4.52. The molecule has 0 spiro atoms. The first-order chi connectivity index (χ1) is 12.7. The monoisotopic (exact) mass is 396 g/mol. The average molecular weight is 397 g/mol. The van der Waals surface area contributed by atoms with Crippen molar-refractivity contribution in [3.63, 3.8) is 0 Å². The van der Waals surface area contributed by atoms with Crippen molar-refractivity contribution in [2.45, 2.75) is 19.5 Å². The van der Waals surface area contributed by atoms with Crippen molar-refractivity contribution in [2.75, 3.05) is 16.8 Å². The van der Waals surface area contributed by atoms with Crippen molar-refractivity contribution < 1.29 is 22.8 Å². The van der Waals surface area contributed by atoms with Crippen molar-refractivity contribution in [1.29, 1.82) is 0 Å². The van der Waals surface area contributed by atoms with E-state index in [1.807, 2.05) is 0 Å². The minimum absolute atomic E-state index is 0.0774. The molecule has 4 nitrogen and oxygen atoms in total. The van der Waals surface area contributed by atoms with Gasteiger partial charge in [0.2, 0.25) is 11.8 Å². The lowest BCUT2D eigenvalue weighted by Gasteiger charge is -2.20. The normalized spacial score (nSPS) is 17.3. The van der Waals surface area contributed by atoms with Gasteiger partial charge in [0.25, 0.3) is 0 Å². The van der Waals surface area contributed by atoms with E-state index in [9.17, 15) is 22.8 Å². The summed E-state index contributed by atoms with van der Waals surface area (Å²) in [4.78, 5) is 26.3. The first kappa shape index (κ1) is 19.2. The molecule has 2 aromatic carbocycles. The van der Waals surface area contributed by atoms with Crippen LogP contribution >= 0.6 is 11.6 Å². The lowest BCUT2D eigenvalue weighted by molar-refractivity contribution is -0.137. The summed E-state index contributed by atoms with van der Waals surface area (Å²) >= 11 is 6.08. The van der Waals surface area contributed by atoms with Crippen molar-refractivity contribution in [1.82, 2.24) is 0 Å². The van der Waals surface area contributed by atoms with Crippen molar-refractivity contribution in [3.05, 3.63) is 58.6 Å². The van der Waals surface area contributed by atoms with Gasteiger partial charge in [-0.3, -0.25) is 9.59 Å². The minimum Gasteiger partial charge on any atom is -0.325 e. The molecule has 0 aliphatic carbocycles. The smallest absolute Gasteiger partial charge is 0.325 e. The Balaban J connectivity index is 1.78. The van der Waals surface area contributed by atoms with E-state index in [0.29, 0.717) is 16.3 Å². The number of halogens is 4. The maximum atomic E-state index is 13.1. The Labute approximate surface area is 158 Å². The first-order valence-corrected chi connectivity index (χ1v) is 8.59. The number of benzene rings is 2. The van der Waals surface area contributed by atoms with E-state index < -0.39 is 23.6 Å². The van der Waals surface area contributed by atoms with Gasteiger partial charge in [0.1, 0.15) is 0 Å². The van der Waals surface area contributed by atoms with Crippen LogP contribution in [0.4, 0.5) is 24.5 Å². The number of nitrogens with one attached hydrogen (secondary N) is 1. The van der Waals surface area contributed by atoms with Crippen LogP contribution in [-0.4, -0.2) is 18.4 Å². The molecule has 1 aliphatic heterocycles. The Morgan fingerprint density at radius 2 is 1.89 bits per heavy atom. The van der Waals surface area contributed by atoms with Gasteiger partial charge in [-0.15, -0.1) is 0 Å². The van der Waals surface area contributed by atoms with Gasteiger partial charge >= 0.3 is 6.18 Å². The second kappa shape index (κ2) is 7.23. The largest absolute Gasteiger partial charge is 0.418 e. The second-order valence-corrected chi connectivity index (χ2v) is 6.73. The molecule has 8 heteroatoms. The van der Waals surface area contributed by atoms with Crippen LogP contribution in [0, 0.1) is 12.8 Å². The number of carbonyl (C=O) groups excluding carboxylic acids is 2. The number of anilines is 2. The van der Waals surface area contributed by atoms with Crippen molar-refractivity contribution in [3.8, 4) is 0 Å². The zero-order chi connectivity index (χ0) is 19.8. The summed E-state index contributed by atoms with van der Waals surface area (Å²) in [6.07, 6.45) is -4.66. The molecule has 0 unspecified atom stereocenters. The highest BCUT2D eigenvalue weighted by Crippen LogP contribution is 2.36. The molecule has 2 aromatic rings. The van der Waals surface area contributed by atoms with E-state index in [2.05, 4.69) is 5.32 Å². The second-order valence-electron chi connectivity index (χ2n) is 6.32. The van der Waals surface area contributed by atoms with Gasteiger partial charge in [-0.05, 0) is 36.8 Å². The number of hydrogen-bond donors (Lipinski definition) is 1. The molecular weight excluding hydrogens is 381 g/mol. The Morgan fingerprint density at radius 3 is 2.59 bits per heavy atom. The fraction of sp³-hybridized carbons (Fsp3) is 0.263. The number of para-hydroxylation sites is 1. The van der Waals surface area contributed by atoms with E-state index in [-0.39, 0.29) is 24.6 Å². The van der Waals surface area contributed by atoms with Gasteiger partial charge in [-0.2, -0.15) is 13.2 Å². The molecule has 27 heavy (non-hydrogen) atoms. The molecule has 1 saturated heterocycles. The van der Waals surface area contributed by atoms with Crippen LogP contribution in [0.5, 0.6) is 0 Å². The number of hydrogen-bond acceptors (Lipinski definition) is 2. The van der Waals surface area contributed by atoms with E-state index in [0.717, 1.165) is 6.07 Å². The summed E-state index contributed by atoms with van der Waals surface area (Å²) in [5, 5.41) is 2.81. The zero-order valence-electron chi connectivity index (χ0n) is 14.3. The first-order valence-electron chi connectivity index (χ1n) is 8.21. The Bertz CT molecular complexity index is 899. The highest BCUT2D eigenvalue weighted by atomic mass is 35.5. The van der Waals surface area contributed by atoms with Gasteiger partial charge in [-0.25, -0.2) is 0 Å². The maximum Gasteiger partial charge on any atom is 0.418 e. The highest BCUT2D eigenvalue weighted by Gasteiger charge is 2.38. The van der Waals surface area contributed by atoms with Crippen LogP contribution in [0.3, 0.4) is 0 Å². The summed E-state index contributed by atoms with van der Waals surface area (Å²) in [5.74, 6) is -1.65. The van der Waals surface area contributed by atoms with Crippen molar-refractivity contribution >= 4 is 34.8 Å². The predicted octanol–water partition coefficient (Wildman–Crippen LogP) is 4.66. The lowest BCUT2D eigenvalue weighted by Crippen LogP contribution is -2.29. The summed E-state index contributed by atoms with van der Waals surface area (Å²) in [7, 11) is 0. The summed E-state index contributed by atoms with van der Waals surface area (Å²) in [6, 6.07) is 9.86. The summed E-state index contributed by atoms with van der Waals surface area (Å²) < 4.78 is 39.2. The molecule has 0 radical (unpaired) electrons. The number of nitrogens with zero attached hydrogens (tertiary/aromatic N) is 1. The summed E-state index contributed by atoms with van der Waals surface area (Å²) in [5.41, 5.74) is 0.0551. The quantitative estimate of drug-likeness (QED) is 0.820. The molecule has 0 saturated carbocycles. The number of rotatable bonds is 3. The van der Waals surface area contributed by atoms with Gasteiger partial charge < -0.3 is 10.2 Å². The number of carbonyl (C=O) groups is 2. The fourth-order valence-electron chi connectivity index (χ4n) is 3.08. The van der Waals surface area contributed by atoms with Gasteiger partial charge in [0.15, 0.2) is 0 Å². The van der Waals surface area contributed by atoms with E-state index >= 15 is 0 Å². The molecule has 1 heterocycles. The van der Waals surface area contributed by atoms with Crippen LogP contribution in [0.1, 0.15) is 17.5 Å². The standard InChI is InChI=1S/C19H16ClF3N2O2/c1-11-14(20)6-4-8-16(11)25-10-12(9-17(25)26)18(27)24-15-7-3-2-5-13(15)19(21,22)23/h2-8,12H,9-10H2,1H3,(H,24,27)/t12-/m0/s1. The van der Waals surface area contributed by atoms with E-state index in [1.165, 1.54) is 23.1 Å². The Kier molecular flexibility index (Phi) is 5.15. The zero-order valence-corrected chi connectivity index (χ0v) is 15.1. The molecule has 1 fully saturated rings. The van der Waals surface area contributed by atoms with Crippen LogP contribution in [0.15, 0.2) is 42.5 Å². The minimum atomic E-state index is -4.58. The molecule has 0 bridgehead atoms. The summed E-state index contributed by atoms with van der Waals surface area (Å²) in [6.45, 7) is 1.85. The molecule has 0 aromatic heterocycles. The van der Waals surface area contributed by atoms with Gasteiger partial charge in [0, 0.05) is 23.7 Å². The molecule has 3 rings (SSSR count). The fourth-order valence-corrected chi connectivity index (χ4v) is 3.25. The number of amides is 2. The molecule has 2 amide bonds. The van der Waals surface area contributed by atoms with Crippen LogP contribution in [0.2, 0.25) is 5.02 Å². The van der Waals surface area contributed by atoms with Crippen LogP contribution < -0.4 is 10.2 Å². The van der Waals surface area contributed by atoms with E-state index in [4.69, 9.17) is 11.6 Å². The molecule has 1 atom stereocenters. The Hall–Kier alpha value is -2.54. The van der Waals surface area contributed by atoms with E-state index in [1.54, 1.807) is 25.1 Å². The predicted molar refractivity (Wildman–Crippen MR) is 96.7 cm³/mol. The van der Waals surface area contributed by atoms with Crippen LogP contribution in [-0.2, 0) is 15.8 Å². The van der Waals surface area contributed by atoms with Crippen LogP contribution in [0.25, 0.3) is 0 Å². The van der Waals surface area contributed by atoms with Gasteiger partial charge in [0.05, 0.1) is 17.2 Å². The van der Waals surface area contributed by atoms with Gasteiger partial charge in [-0.1, -0.05) is 29.8 Å². The topological polar surface area (TPSA) is 49.4 Å². The number of alkyl halides is 3. The lowest BCUT2D eigenvalue weighted by atomic mass is 10.1.